The molecule has 1 aromatic carbocycles. The van der Waals surface area contributed by atoms with Crippen molar-refractivity contribution in [1.82, 2.24) is 10.3 Å². The summed E-state index contributed by atoms with van der Waals surface area (Å²) in [5, 5.41) is 2.58. The lowest BCUT2D eigenvalue weighted by molar-refractivity contribution is -0.151. The predicted molar refractivity (Wildman–Crippen MR) is 117 cm³/mol. The molecule has 2 aromatic rings. The molecule has 0 spiro atoms. The summed E-state index contributed by atoms with van der Waals surface area (Å²) in [6.07, 6.45) is 4.14. The molecule has 1 N–H and O–H groups in total. The highest BCUT2D eigenvalue weighted by atomic mass is 16.6. The van der Waals surface area contributed by atoms with Crippen molar-refractivity contribution >= 4 is 17.8 Å². The lowest BCUT2D eigenvalue weighted by Gasteiger charge is -2.26. The number of aryl methyl sites for hydroxylation is 1. The first kappa shape index (κ1) is 23.2. The van der Waals surface area contributed by atoms with E-state index in [1.807, 2.05) is 25.1 Å². The molecule has 0 bridgehead atoms. The average Bonchev–Trinajstić information content (AvgIpc) is 2.79. The normalized spacial score (nSPS) is 15.8. The SMILES string of the molecule is CCCC(=O)Oc1c(OC)ccnc1C(=O)N[C@@H](C)C(=O)OC1CCc2ccccc2C1. The Hall–Kier alpha value is -3.42. The Bertz CT molecular complexity index is 990. The number of carbonyl (C=O) groups excluding carboxylic acids is 3. The van der Waals surface area contributed by atoms with Crippen molar-refractivity contribution < 1.29 is 28.6 Å². The van der Waals surface area contributed by atoms with Crippen LogP contribution in [-0.4, -0.2) is 42.1 Å². The molecule has 1 amide bonds. The minimum atomic E-state index is -0.910. The van der Waals surface area contributed by atoms with Gasteiger partial charge in [-0.15, -0.1) is 0 Å². The topological polar surface area (TPSA) is 104 Å². The van der Waals surface area contributed by atoms with Crippen LogP contribution >= 0.6 is 0 Å². The van der Waals surface area contributed by atoms with Gasteiger partial charge in [0.05, 0.1) is 7.11 Å². The lowest BCUT2D eigenvalue weighted by atomic mass is 9.90. The third-order valence-electron chi connectivity index (χ3n) is 5.26. The number of fused-ring (bicyclic) bond motifs is 1. The van der Waals surface area contributed by atoms with Crippen molar-refractivity contribution in [3.8, 4) is 11.5 Å². The Morgan fingerprint density at radius 1 is 1.19 bits per heavy atom. The van der Waals surface area contributed by atoms with Gasteiger partial charge in [-0.1, -0.05) is 31.2 Å². The van der Waals surface area contributed by atoms with Gasteiger partial charge in [-0.2, -0.15) is 0 Å². The molecule has 1 heterocycles. The highest BCUT2D eigenvalue weighted by molar-refractivity contribution is 5.98. The van der Waals surface area contributed by atoms with Crippen LogP contribution in [0.4, 0.5) is 0 Å². The zero-order valence-electron chi connectivity index (χ0n) is 18.6. The molecular weight excluding hydrogens is 412 g/mol. The maximum absolute atomic E-state index is 12.8. The zero-order valence-corrected chi connectivity index (χ0v) is 18.6. The van der Waals surface area contributed by atoms with E-state index in [1.54, 1.807) is 6.92 Å². The smallest absolute Gasteiger partial charge is 0.328 e. The number of nitrogens with zero attached hydrogens (tertiary/aromatic N) is 1. The monoisotopic (exact) mass is 440 g/mol. The number of benzene rings is 1. The summed E-state index contributed by atoms with van der Waals surface area (Å²) in [4.78, 5) is 41.4. The molecule has 1 aliphatic rings. The summed E-state index contributed by atoms with van der Waals surface area (Å²) in [6.45, 7) is 3.38. The second-order valence-electron chi connectivity index (χ2n) is 7.68. The van der Waals surface area contributed by atoms with Gasteiger partial charge in [-0.3, -0.25) is 9.59 Å². The van der Waals surface area contributed by atoms with Crippen molar-refractivity contribution in [2.45, 2.75) is 58.1 Å². The van der Waals surface area contributed by atoms with E-state index in [2.05, 4.69) is 16.4 Å². The van der Waals surface area contributed by atoms with Gasteiger partial charge in [0.2, 0.25) is 5.75 Å². The summed E-state index contributed by atoms with van der Waals surface area (Å²) in [5.74, 6) is -1.57. The molecule has 170 valence electrons. The Kier molecular flexibility index (Phi) is 7.81. The van der Waals surface area contributed by atoms with E-state index in [9.17, 15) is 14.4 Å². The van der Waals surface area contributed by atoms with Gasteiger partial charge in [0, 0.05) is 25.1 Å². The van der Waals surface area contributed by atoms with Crippen molar-refractivity contribution in [3.05, 3.63) is 53.3 Å². The summed E-state index contributed by atoms with van der Waals surface area (Å²) in [6, 6.07) is 8.68. The first-order valence-electron chi connectivity index (χ1n) is 10.7. The molecule has 0 aliphatic heterocycles. The molecule has 3 rings (SSSR count). The number of methoxy groups -OCH3 is 1. The van der Waals surface area contributed by atoms with Crippen molar-refractivity contribution in [3.63, 3.8) is 0 Å². The number of ether oxygens (including phenoxy) is 3. The maximum atomic E-state index is 12.8. The molecule has 1 unspecified atom stereocenters. The molecule has 0 saturated heterocycles. The number of hydrogen-bond acceptors (Lipinski definition) is 7. The first-order chi connectivity index (χ1) is 15.4. The summed E-state index contributed by atoms with van der Waals surface area (Å²) >= 11 is 0. The van der Waals surface area contributed by atoms with Crippen LogP contribution in [0, 0.1) is 0 Å². The molecule has 8 nitrogen and oxygen atoms in total. The van der Waals surface area contributed by atoms with Gasteiger partial charge in [-0.05, 0) is 37.3 Å². The molecule has 0 fully saturated rings. The van der Waals surface area contributed by atoms with Gasteiger partial charge in [-0.25, -0.2) is 9.78 Å². The van der Waals surface area contributed by atoms with E-state index >= 15 is 0 Å². The molecule has 1 aromatic heterocycles. The van der Waals surface area contributed by atoms with Gasteiger partial charge < -0.3 is 19.5 Å². The Balaban J connectivity index is 1.65. The molecule has 1 aliphatic carbocycles. The van der Waals surface area contributed by atoms with Crippen LogP contribution in [0.5, 0.6) is 11.5 Å². The van der Waals surface area contributed by atoms with Crippen molar-refractivity contribution in [2.24, 2.45) is 0 Å². The van der Waals surface area contributed by atoms with Crippen molar-refractivity contribution in [2.75, 3.05) is 7.11 Å². The molecule has 32 heavy (non-hydrogen) atoms. The number of esters is 2. The Labute approximate surface area is 187 Å². The van der Waals surface area contributed by atoms with Gasteiger partial charge in [0.25, 0.3) is 5.91 Å². The summed E-state index contributed by atoms with van der Waals surface area (Å²) < 4.78 is 16.2. The van der Waals surface area contributed by atoms with Crippen molar-refractivity contribution in [1.29, 1.82) is 0 Å². The maximum Gasteiger partial charge on any atom is 0.328 e. The fraction of sp³-hybridized carbons (Fsp3) is 0.417. The summed E-state index contributed by atoms with van der Waals surface area (Å²) in [7, 11) is 1.40. The minimum Gasteiger partial charge on any atom is -0.493 e. The largest absolute Gasteiger partial charge is 0.493 e. The third-order valence-corrected chi connectivity index (χ3v) is 5.26. The van der Waals surface area contributed by atoms with E-state index in [0.717, 1.165) is 12.8 Å². The van der Waals surface area contributed by atoms with E-state index < -0.39 is 23.9 Å². The number of amides is 1. The number of rotatable bonds is 8. The quantitative estimate of drug-likeness (QED) is 0.629. The van der Waals surface area contributed by atoms with Crippen LogP contribution in [0.3, 0.4) is 0 Å². The van der Waals surface area contributed by atoms with Crippen LogP contribution in [0.25, 0.3) is 0 Å². The van der Waals surface area contributed by atoms with E-state index in [1.165, 1.54) is 30.5 Å². The molecule has 0 saturated carbocycles. The van der Waals surface area contributed by atoms with E-state index in [-0.39, 0.29) is 29.7 Å². The lowest BCUT2D eigenvalue weighted by Crippen LogP contribution is -2.42. The molecule has 0 radical (unpaired) electrons. The van der Waals surface area contributed by atoms with Gasteiger partial charge in [0.15, 0.2) is 11.4 Å². The van der Waals surface area contributed by atoms with Crippen LogP contribution in [-0.2, 0) is 27.2 Å². The molecular formula is C24H28N2O6. The highest BCUT2D eigenvalue weighted by Gasteiger charge is 2.27. The van der Waals surface area contributed by atoms with Crippen LogP contribution < -0.4 is 14.8 Å². The fourth-order valence-corrected chi connectivity index (χ4v) is 3.58. The molecule has 2 atom stereocenters. The standard InChI is InChI=1S/C24H28N2O6/c1-4-7-20(27)32-22-19(30-3)12-13-25-21(22)23(28)26-15(2)24(29)31-18-11-10-16-8-5-6-9-17(16)14-18/h5-6,8-9,12-13,15,18H,4,7,10-11,14H2,1-3H3,(H,26,28)/t15-,18?/m0/s1. The number of hydrogen-bond donors (Lipinski definition) is 1. The third kappa shape index (κ3) is 5.63. The Morgan fingerprint density at radius 2 is 1.94 bits per heavy atom. The second kappa shape index (κ2) is 10.7. The van der Waals surface area contributed by atoms with E-state index in [0.29, 0.717) is 12.8 Å². The number of carbonyl (C=O) groups is 3. The Morgan fingerprint density at radius 3 is 2.66 bits per heavy atom. The minimum absolute atomic E-state index is 0.0737. The number of nitrogens with one attached hydrogen (secondary N) is 1. The fourth-order valence-electron chi connectivity index (χ4n) is 3.58. The highest BCUT2D eigenvalue weighted by Crippen LogP contribution is 2.30. The van der Waals surface area contributed by atoms with Crippen LogP contribution in [0.1, 0.15) is 54.7 Å². The van der Waals surface area contributed by atoms with Gasteiger partial charge >= 0.3 is 11.9 Å². The predicted octanol–water partition coefficient (Wildman–Crippen LogP) is 3.01. The number of aromatic nitrogens is 1. The van der Waals surface area contributed by atoms with E-state index in [4.69, 9.17) is 14.2 Å². The average molecular weight is 440 g/mol. The molecule has 8 heteroatoms. The first-order valence-corrected chi connectivity index (χ1v) is 10.7. The summed E-state index contributed by atoms with van der Waals surface area (Å²) in [5.41, 5.74) is 2.31. The zero-order chi connectivity index (χ0) is 23.1. The van der Waals surface area contributed by atoms with Gasteiger partial charge in [0.1, 0.15) is 12.1 Å². The number of pyridine rings is 1. The van der Waals surface area contributed by atoms with Crippen LogP contribution in [0.15, 0.2) is 36.5 Å². The second-order valence-corrected chi connectivity index (χ2v) is 7.68. The van der Waals surface area contributed by atoms with Crippen LogP contribution in [0.2, 0.25) is 0 Å².